The molecule has 1 unspecified atom stereocenters. The summed E-state index contributed by atoms with van der Waals surface area (Å²) in [6.07, 6.45) is 2.41. The van der Waals surface area contributed by atoms with Crippen LogP contribution >= 0.6 is 0 Å². The molecule has 1 aliphatic heterocycles. The van der Waals surface area contributed by atoms with Gasteiger partial charge in [-0.05, 0) is 37.8 Å². The first-order chi connectivity index (χ1) is 10.0. The zero-order chi connectivity index (χ0) is 15.0. The van der Waals surface area contributed by atoms with Gasteiger partial charge in [-0.25, -0.2) is 0 Å². The number of nitro groups is 1. The molecule has 1 fully saturated rings. The Balaban J connectivity index is 2.14. The molecule has 0 aliphatic carbocycles. The van der Waals surface area contributed by atoms with E-state index in [0.29, 0.717) is 5.92 Å². The van der Waals surface area contributed by atoms with E-state index in [1.165, 1.54) is 18.9 Å². The van der Waals surface area contributed by atoms with Crippen LogP contribution in [0, 0.1) is 23.0 Å². The topological polar surface area (TPSA) is 59.3 Å². The summed E-state index contributed by atoms with van der Waals surface area (Å²) in [4.78, 5) is 17.5. The number of hydrogen-bond donors (Lipinski definition) is 0. The van der Waals surface area contributed by atoms with Crippen LogP contribution in [0.4, 0.5) is 11.4 Å². The lowest BCUT2D eigenvalue weighted by molar-refractivity contribution is -0.384. The van der Waals surface area contributed by atoms with Crippen LogP contribution in [0.25, 0.3) is 10.9 Å². The molecule has 2 aromatic rings. The molecule has 1 aliphatic rings. The molecule has 1 aromatic heterocycles. The molecule has 110 valence electrons. The largest absolute Gasteiger partial charge is 0.371 e. The number of anilines is 1. The molecule has 0 bridgehead atoms. The maximum Gasteiger partial charge on any atom is 0.270 e. The van der Waals surface area contributed by atoms with Crippen LogP contribution in [-0.4, -0.2) is 23.0 Å². The van der Waals surface area contributed by atoms with E-state index in [1.54, 1.807) is 12.1 Å². The number of hydrogen-bond acceptors (Lipinski definition) is 4. The van der Waals surface area contributed by atoms with Crippen molar-refractivity contribution in [3.63, 3.8) is 0 Å². The molecule has 1 saturated heterocycles. The molecule has 5 nitrogen and oxygen atoms in total. The number of non-ortho nitro benzene ring substituents is 1. The maximum absolute atomic E-state index is 11.0. The number of piperidine rings is 1. The van der Waals surface area contributed by atoms with Gasteiger partial charge in [-0.15, -0.1) is 0 Å². The van der Waals surface area contributed by atoms with Crippen molar-refractivity contribution >= 4 is 22.3 Å². The number of nitro benzene ring substituents is 1. The number of rotatable bonds is 2. The predicted octanol–water partition coefficient (Wildman–Crippen LogP) is 3.69. The predicted molar refractivity (Wildman–Crippen MR) is 83.7 cm³/mol. The lowest BCUT2D eigenvalue weighted by Gasteiger charge is -2.33. The van der Waals surface area contributed by atoms with Crippen LogP contribution in [0.15, 0.2) is 24.3 Å². The Kier molecular flexibility index (Phi) is 3.49. The van der Waals surface area contributed by atoms with Gasteiger partial charge >= 0.3 is 0 Å². The third-order valence-corrected chi connectivity index (χ3v) is 4.11. The maximum atomic E-state index is 11.0. The molecular weight excluding hydrogens is 266 g/mol. The number of aryl methyl sites for hydroxylation is 1. The highest BCUT2D eigenvalue weighted by Gasteiger charge is 2.20. The summed E-state index contributed by atoms with van der Waals surface area (Å²) in [5, 5.41) is 11.9. The van der Waals surface area contributed by atoms with E-state index in [4.69, 9.17) is 0 Å². The molecule has 0 N–H and O–H groups in total. The highest BCUT2D eigenvalue weighted by atomic mass is 16.6. The van der Waals surface area contributed by atoms with Crippen molar-refractivity contribution in [1.29, 1.82) is 0 Å². The van der Waals surface area contributed by atoms with Gasteiger partial charge in [-0.2, -0.15) is 0 Å². The van der Waals surface area contributed by atoms with Crippen molar-refractivity contribution in [2.45, 2.75) is 26.7 Å². The van der Waals surface area contributed by atoms with E-state index in [9.17, 15) is 10.1 Å². The van der Waals surface area contributed by atoms with Crippen molar-refractivity contribution in [3.8, 4) is 0 Å². The summed E-state index contributed by atoms with van der Waals surface area (Å²) in [5.41, 5.74) is 2.98. The molecule has 21 heavy (non-hydrogen) atoms. The molecule has 0 radical (unpaired) electrons. The van der Waals surface area contributed by atoms with Gasteiger partial charge in [-0.3, -0.25) is 15.1 Å². The first kappa shape index (κ1) is 13.8. The van der Waals surface area contributed by atoms with Crippen molar-refractivity contribution in [3.05, 3.63) is 40.1 Å². The second kappa shape index (κ2) is 5.31. The first-order valence-electron chi connectivity index (χ1n) is 7.35. The highest BCUT2D eigenvalue weighted by molar-refractivity contribution is 5.93. The number of fused-ring (bicyclic) bond motifs is 1. The summed E-state index contributed by atoms with van der Waals surface area (Å²) in [7, 11) is 0. The van der Waals surface area contributed by atoms with Crippen LogP contribution in [-0.2, 0) is 0 Å². The summed E-state index contributed by atoms with van der Waals surface area (Å²) in [5.74, 6) is 0.654. The second-order valence-corrected chi connectivity index (χ2v) is 5.93. The zero-order valence-corrected chi connectivity index (χ0v) is 12.4. The van der Waals surface area contributed by atoms with Gasteiger partial charge in [0.1, 0.15) is 0 Å². The van der Waals surface area contributed by atoms with Gasteiger partial charge in [0.15, 0.2) is 0 Å². The minimum Gasteiger partial charge on any atom is -0.371 e. The molecule has 1 atom stereocenters. The van der Waals surface area contributed by atoms with Crippen molar-refractivity contribution in [2.24, 2.45) is 5.92 Å². The van der Waals surface area contributed by atoms with Gasteiger partial charge in [0.05, 0.1) is 10.4 Å². The Labute approximate surface area is 123 Å². The summed E-state index contributed by atoms with van der Waals surface area (Å²) in [6, 6.07) is 6.97. The SMILES string of the molecule is Cc1cc(N2CCCC(C)C2)c2cc([N+](=O)[O-])ccc2n1. The van der Waals surface area contributed by atoms with Crippen molar-refractivity contribution in [1.82, 2.24) is 4.98 Å². The Morgan fingerprint density at radius 2 is 2.19 bits per heavy atom. The monoisotopic (exact) mass is 285 g/mol. The molecular formula is C16H19N3O2. The first-order valence-corrected chi connectivity index (χ1v) is 7.35. The fourth-order valence-corrected chi connectivity index (χ4v) is 3.11. The number of aromatic nitrogens is 1. The van der Waals surface area contributed by atoms with E-state index < -0.39 is 0 Å². The quantitative estimate of drug-likeness (QED) is 0.623. The number of nitrogens with zero attached hydrogens (tertiary/aromatic N) is 3. The Hall–Kier alpha value is -2.17. The Bertz CT molecular complexity index is 699. The molecule has 1 aromatic carbocycles. The molecule has 0 saturated carbocycles. The second-order valence-electron chi connectivity index (χ2n) is 5.93. The van der Waals surface area contributed by atoms with Crippen LogP contribution in [0.1, 0.15) is 25.5 Å². The molecule has 2 heterocycles. The average molecular weight is 285 g/mol. The van der Waals surface area contributed by atoms with Gasteiger partial charge in [0.2, 0.25) is 0 Å². The normalized spacial score (nSPS) is 19.0. The molecule has 0 spiro atoms. The summed E-state index contributed by atoms with van der Waals surface area (Å²) in [6.45, 7) is 6.23. The zero-order valence-electron chi connectivity index (χ0n) is 12.4. The lowest BCUT2D eigenvalue weighted by Crippen LogP contribution is -2.34. The third kappa shape index (κ3) is 2.68. The lowest BCUT2D eigenvalue weighted by atomic mass is 9.99. The van der Waals surface area contributed by atoms with Gasteiger partial charge < -0.3 is 4.90 Å². The Morgan fingerprint density at radius 3 is 2.90 bits per heavy atom. The van der Waals surface area contributed by atoms with E-state index in [1.807, 2.05) is 13.0 Å². The van der Waals surface area contributed by atoms with E-state index in [-0.39, 0.29) is 10.6 Å². The average Bonchev–Trinajstić information content (AvgIpc) is 2.45. The molecule has 5 heteroatoms. The van der Waals surface area contributed by atoms with Crippen LogP contribution in [0.5, 0.6) is 0 Å². The Morgan fingerprint density at radius 1 is 1.38 bits per heavy atom. The van der Waals surface area contributed by atoms with Gasteiger partial charge in [0, 0.05) is 42.0 Å². The molecule has 3 rings (SSSR count). The van der Waals surface area contributed by atoms with Crippen LogP contribution in [0.3, 0.4) is 0 Å². The number of benzene rings is 1. The fraction of sp³-hybridized carbons (Fsp3) is 0.438. The summed E-state index contributed by atoms with van der Waals surface area (Å²) < 4.78 is 0. The smallest absolute Gasteiger partial charge is 0.270 e. The van der Waals surface area contributed by atoms with Crippen molar-refractivity contribution in [2.75, 3.05) is 18.0 Å². The minimum absolute atomic E-state index is 0.125. The van der Waals surface area contributed by atoms with Crippen LogP contribution < -0.4 is 4.90 Å². The minimum atomic E-state index is -0.345. The fourth-order valence-electron chi connectivity index (χ4n) is 3.11. The van der Waals surface area contributed by atoms with Gasteiger partial charge in [-0.1, -0.05) is 6.92 Å². The van der Waals surface area contributed by atoms with Crippen molar-refractivity contribution < 1.29 is 4.92 Å². The van der Waals surface area contributed by atoms with Crippen LogP contribution in [0.2, 0.25) is 0 Å². The molecule has 0 amide bonds. The number of pyridine rings is 1. The highest BCUT2D eigenvalue weighted by Crippen LogP contribution is 2.32. The van der Waals surface area contributed by atoms with E-state index in [0.717, 1.165) is 35.4 Å². The standard InChI is InChI=1S/C16H19N3O2/c1-11-4-3-7-18(10-11)16-8-12(2)17-15-6-5-13(19(20)21)9-14(15)16/h5-6,8-9,11H,3-4,7,10H2,1-2H3. The summed E-state index contributed by atoms with van der Waals surface area (Å²) >= 11 is 0. The van der Waals surface area contributed by atoms with Gasteiger partial charge in [0.25, 0.3) is 5.69 Å². The third-order valence-electron chi connectivity index (χ3n) is 4.11. The van der Waals surface area contributed by atoms with E-state index in [2.05, 4.69) is 16.8 Å². The van der Waals surface area contributed by atoms with E-state index >= 15 is 0 Å².